The summed E-state index contributed by atoms with van der Waals surface area (Å²) in [6, 6.07) is 10.5. The summed E-state index contributed by atoms with van der Waals surface area (Å²) in [6.07, 6.45) is 2.09. The van der Waals surface area contributed by atoms with Gasteiger partial charge < -0.3 is 15.2 Å². The summed E-state index contributed by atoms with van der Waals surface area (Å²) in [5, 5.41) is 0. The molecule has 2 aromatic carbocycles. The molecule has 5 rings (SSSR count). The quantitative estimate of drug-likeness (QED) is 0.770. The van der Waals surface area contributed by atoms with E-state index in [0.29, 0.717) is 18.3 Å². The normalized spacial score (nSPS) is 27.7. The molecule has 0 spiro atoms. The Balaban J connectivity index is 1.53. The summed E-state index contributed by atoms with van der Waals surface area (Å²) < 4.78 is 40.5. The summed E-state index contributed by atoms with van der Waals surface area (Å²) in [5.74, 6) is -0.710. The monoisotopic (exact) mass is 441 g/mol. The lowest BCUT2D eigenvalue weighted by molar-refractivity contribution is -0.146. The van der Waals surface area contributed by atoms with Crippen LogP contribution in [-0.4, -0.2) is 37.0 Å². The molecule has 32 heavy (non-hydrogen) atoms. The second-order valence-corrected chi connectivity index (χ2v) is 8.83. The lowest BCUT2D eigenvalue weighted by Crippen LogP contribution is -2.58. The van der Waals surface area contributed by atoms with Crippen molar-refractivity contribution in [2.45, 2.75) is 30.9 Å². The van der Waals surface area contributed by atoms with Gasteiger partial charge in [0.15, 0.2) is 5.96 Å². The number of guanidine groups is 1. The Morgan fingerprint density at radius 3 is 2.69 bits per heavy atom. The van der Waals surface area contributed by atoms with Crippen LogP contribution >= 0.6 is 0 Å². The first-order valence-electron chi connectivity index (χ1n) is 10.8. The number of aliphatic imine (C=N–C) groups is 1. The average molecular weight is 441 g/mol. The van der Waals surface area contributed by atoms with Crippen molar-refractivity contribution >= 4 is 11.9 Å². The number of carbonyl (C=O) groups excluding carboxylic acids is 1. The highest BCUT2D eigenvalue weighted by Crippen LogP contribution is 2.49. The van der Waals surface area contributed by atoms with Gasteiger partial charge in [-0.1, -0.05) is 12.1 Å². The molecule has 0 bridgehead atoms. The van der Waals surface area contributed by atoms with E-state index >= 15 is 4.39 Å². The van der Waals surface area contributed by atoms with Crippen molar-refractivity contribution in [3.63, 3.8) is 0 Å². The maximum atomic E-state index is 15.2. The van der Waals surface area contributed by atoms with Crippen LogP contribution in [0.5, 0.6) is 5.75 Å². The highest BCUT2D eigenvalue weighted by atomic mass is 19.1. The van der Waals surface area contributed by atoms with Crippen molar-refractivity contribution in [3.8, 4) is 5.75 Å². The van der Waals surface area contributed by atoms with Gasteiger partial charge in [-0.05, 0) is 61.1 Å². The van der Waals surface area contributed by atoms with Gasteiger partial charge >= 0.3 is 0 Å². The number of amides is 1. The fraction of sp³-hybridized carbons (Fsp3) is 0.417. The summed E-state index contributed by atoms with van der Waals surface area (Å²) >= 11 is 0. The lowest BCUT2D eigenvalue weighted by Gasteiger charge is -2.47. The Morgan fingerprint density at radius 1 is 1.22 bits per heavy atom. The van der Waals surface area contributed by atoms with E-state index in [9.17, 15) is 9.18 Å². The van der Waals surface area contributed by atoms with E-state index in [1.807, 2.05) is 0 Å². The number of rotatable bonds is 5. The summed E-state index contributed by atoms with van der Waals surface area (Å²) in [6.45, 7) is 0.542. The summed E-state index contributed by atoms with van der Waals surface area (Å²) in [4.78, 5) is 19.2. The third kappa shape index (κ3) is 3.62. The van der Waals surface area contributed by atoms with Gasteiger partial charge in [0.1, 0.15) is 22.9 Å². The second kappa shape index (κ2) is 7.85. The molecule has 2 unspecified atom stereocenters. The third-order valence-corrected chi connectivity index (χ3v) is 6.65. The molecule has 6 nitrogen and oxygen atoms in total. The van der Waals surface area contributed by atoms with Crippen LogP contribution in [0.2, 0.25) is 0 Å². The predicted octanol–water partition coefficient (Wildman–Crippen LogP) is 3.51. The number of fused-ring (bicyclic) bond motifs is 1. The standard InChI is InChI=1S/C24H25F2N3O3/c1-29-22(30)19-11-21(15-4-6-16(25)7-5-15)32-13-24(19,28-23(29)27)18-10-17(8-9-20(18)26)31-12-14-2-3-14/h4-10,14,19,21H,2-3,11-13H2,1H3,(H2,27,28)/t19?,21-,24?/m1/s1. The molecule has 3 aliphatic rings. The van der Waals surface area contributed by atoms with Crippen LogP contribution < -0.4 is 10.5 Å². The van der Waals surface area contributed by atoms with Crippen LogP contribution in [0.3, 0.4) is 0 Å². The molecule has 2 heterocycles. The Hall–Kier alpha value is -3.00. The van der Waals surface area contributed by atoms with Gasteiger partial charge in [-0.15, -0.1) is 0 Å². The largest absolute Gasteiger partial charge is 0.493 e. The van der Waals surface area contributed by atoms with Crippen LogP contribution in [0, 0.1) is 23.5 Å². The van der Waals surface area contributed by atoms with Crippen LogP contribution in [0.4, 0.5) is 8.78 Å². The van der Waals surface area contributed by atoms with Crippen molar-refractivity contribution in [2.24, 2.45) is 22.6 Å². The smallest absolute Gasteiger partial charge is 0.235 e. The highest BCUT2D eigenvalue weighted by molar-refractivity contribution is 6.00. The van der Waals surface area contributed by atoms with Crippen molar-refractivity contribution in [1.29, 1.82) is 0 Å². The Bertz CT molecular complexity index is 1070. The SMILES string of the molecule is CN1C(=O)C2C[C@H](c3ccc(F)cc3)OCC2(c2cc(OCC3CC3)ccc2F)N=C1N. The minimum Gasteiger partial charge on any atom is -0.493 e. The zero-order valence-corrected chi connectivity index (χ0v) is 17.8. The predicted molar refractivity (Wildman–Crippen MR) is 114 cm³/mol. The summed E-state index contributed by atoms with van der Waals surface area (Å²) in [7, 11) is 1.55. The van der Waals surface area contributed by atoms with E-state index in [4.69, 9.17) is 15.2 Å². The number of hydrogen-bond acceptors (Lipinski definition) is 5. The Morgan fingerprint density at radius 2 is 1.97 bits per heavy atom. The molecule has 1 amide bonds. The van der Waals surface area contributed by atoms with E-state index in [2.05, 4.69) is 4.99 Å². The molecular weight excluding hydrogens is 416 g/mol. The molecule has 2 aromatic rings. The minimum absolute atomic E-state index is 0.0128. The van der Waals surface area contributed by atoms with Crippen LogP contribution in [0.1, 0.15) is 36.5 Å². The maximum Gasteiger partial charge on any atom is 0.235 e. The molecule has 168 valence electrons. The molecule has 0 aromatic heterocycles. The fourth-order valence-electron chi connectivity index (χ4n) is 4.51. The highest BCUT2D eigenvalue weighted by Gasteiger charge is 2.54. The second-order valence-electron chi connectivity index (χ2n) is 8.83. The number of hydrogen-bond donors (Lipinski definition) is 1. The molecule has 2 aliphatic heterocycles. The summed E-state index contributed by atoms with van der Waals surface area (Å²) in [5.41, 5.74) is 5.75. The van der Waals surface area contributed by atoms with Crippen molar-refractivity contribution < 1.29 is 23.0 Å². The molecular formula is C24H25F2N3O3. The van der Waals surface area contributed by atoms with Gasteiger partial charge in [-0.3, -0.25) is 9.69 Å². The Labute approximate surface area is 185 Å². The van der Waals surface area contributed by atoms with Crippen molar-refractivity contribution in [3.05, 3.63) is 65.2 Å². The fourth-order valence-corrected chi connectivity index (χ4v) is 4.51. The number of benzene rings is 2. The lowest BCUT2D eigenvalue weighted by atomic mass is 9.72. The molecule has 2 fully saturated rings. The molecule has 1 aliphatic carbocycles. The van der Waals surface area contributed by atoms with E-state index in [1.54, 1.807) is 31.3 Å². The molecule has 2 N–H and O–H groups in total. The number of ether oxygens (including phenoxy) is 2. The van der Waals surface area contributed by atoms with Gasteiger partial charge in [0.25, 0.3) is 0 Å². The van der Waals surface area contributed by atoms with E-state index in [0.717, 1.165) is 18.4 Å². The number of nitrogens with zero attached hydrogens (tertiary/aromatic N) is 2. The van der Waals surface area contributed by atoms with Gasteiger partial charge in [-0.2, -0.15) is 0 Å². The van der Waals surface area contributed by atoms with E-state index in [1.165, 1.54) is 23.1 Å². The number of halogens is 2. The van der Waals surface area contributed by atoms with Gasteiger partial charge in [-0.25, -0.2) is 13.8 Å². The topological polar surface area (TPSA) is 77.2 Å². The first-order valence-corrected chi connectivity index (χ1v) is 10.8. The maximum absolute atomic E-state index is 15.2. The van der Waals surface area contributed by atoms with Crippen molar-refractivity contribution in [1.82, 2.24) is 4.90 Å². The van der Waals surface area contributed by atoms with E-state index in [-0.39, 0.29) is 36.3 Å². The van der Waals surface area contributed by atoms with Crippen molar-refractivity contribution in [2.75, 3.05) is 20.3 Å². The van der Waals surface area contributed by atoms with Gasteiger partial charge in [0.05, 0.1) is 25.2 Å². The molecule has 1 saturated carbocycles. The van der Waals surface area contributed by atoms with Crippen LogP contribution in [-0.2, 0) is 15.1 Å². The molecule has 0 radical (unpaired) electrons. The minimum atomic E-state index is -1.30. The zero-order valence-electron chi connectivity index (χ0n) is 17.8. The van der Waals surface area contributed by atoms with Crippen LogP contribution in [0.15, 0.2) is 47.5 Å². The number of nitrogens with two attached hydrogens (primary N) is 1. The van der Waals surface area contributed by atoms with Gasteiger partial charge in [0.2, 0.25) is 5.91 Å². The first kappa shape index (κ1) is 20.9. The Kier molecular flexibility index (Phi) is 5.12. The van der Waals surface area contributed by atoms with Crippen LogP contribution in [0.25, 0.3) is 0 Å². The van der Waals surface area contributed by atoms with Gasteiger partial charge in [0, 0.05) is 12.6 Å². The molecule has 1 saturated heterocycles. The first-order chi connectivity index (χ1) is 15.4. The zero-order chi connectivity index (χ0) is 22.5. The number of carbonyl (C=O) groups is 1. The average Bonchev–Trinajstić information content (AvgIpc) is 3.62. The molecule has 3 atom stereocenters. The van der Waals surface area contributed by atoms with E-state index < -0.39 is 23.4 Å². The third-order valence-electron chi connectivity index (χ3n) is 6.65. The molecule has 8 heteroatoms.